The van der Waals surface area contributed by atoms with Crippen molar-refractivity contribution in [3.63, 3.8) is 0 Å². The smallest absolute Gasteiger partial charge is 0.259 e. The number of anilines is 1. The molecule has 2 rings (SSSR count). The average molecular weight is 327 g/mol. The summed E-state index contributed by atoms with van der Waals surface area (Å²) in [6, 6.07) is 5.13. The van der Waals surface area contributed by atoms with Crippen molar-refractivity contribution in [1.82, 2.24) is 9.97 Å². The lowest BCUT2D eigenvalue weighted by molar-refractivity contribution is 0.102. The molecule has 0 aliphatic carbocycles. The van der Waals surface area contributed by atoms with Crippen molar-refractivity contribution in [2.24, 2.45) is 0 Å². The molecule has 0 spiro atoms. The van der Waals surface area contributed by atoms with Gasteiger partial charge < -0.3 is 5.32 Å². The molecule has 2 aromatic heterocycles. The van der Waals surface area contributed by atoms with Gasteiger partial charge in [-0.3, -0.25) is 4.79 Å². The summed E-state index contributed by atoms with van der Waals surface area (Å²) in [5, 5.41) is 2.87. The highest BCUT2D eigenvalue weighted by Crippen LogP contribution is 2.19. The van der Waals surface area contributed by atoms with Crippen molar-refractivity contribution in [2.45, 2.75) is 6.92 Å². The van der Waals surface area contributed by atoms with Gasteiger partial charge in [0.2, 0.25) is 0 Å². The quantitative estimate of drug-likeness (QED) is 0.860. The van der Waals surface area contributed by atoms with Gasteiger partial charge in [-0.15, -0.1) is 0 Å². The number of carbonyl (C=O) groups excluding carboxylic acids is 1. The lowest BCUT2D eigenvalue weighted by atomic mass is 10.2. The molecule has 1 N–H and O–H groups in total. The van der Waals surface area contributed by atoms with Gasteiger partial charge in [0.1, 0.15) is 11.0 Å². The minimum absolute atomic E-state index is 0.171. The van der Waals surface area contributed by atoms with Crippen molar-refractivity contribution in [3.8, 4) is 0 Å². The van der Waals surface area contributed by atoms with Crippen molar-refractivity contribution in [3.05, 3.63) is 51.3 Å². The first-order valence-corrected chi connectivity index (χ1v) is 6.29. The Labute approximate surface area is 118 Å². The number of nitrogens with zero attached hydrogens (tertiary/aromatic N) is 2. The highest BCUT2D eigenvalue weighted by atomic mass is 79.9. The van der Waals surface area contributed by atoms with E-state index in [-0.39, 0.29) is 11.1 Å². The summed E-state index contributed by atoms with van der Waals surface area (Å²) in [5.41, 5.74) is 1.18. The number of amides is 1. The second-order valence-corrected chi connectivity index (χ2v) is 4.89. The molecule has 0 saturated carbocycles. The number of hydrogen-bond acceptors (Lipinski definition) is 3. The van der Waals surface area contributed by atoms with E-state index in [0.29, 0.717) is 11.4 Å². The Morgan fingerprint density at radius 3 is 2.89 bits per heavy atom. The Balaban J connectivity index is 2.24. The molecular formula is C12H9BrClN3O. The van der Waals surface area contributed by atoms with E-state index in [1.54, 1.807) is 18.3 Å². The molecular weight excluding hydrogens is 318 g/mol. The molecule has 0 fully saturated rings. The van der Waals surface area contributed by atoms with E-state index in [9.17, 15) is 4.79 Å². The summed E-state index contributed by atoms with van der Waals surface area (Å²) in [6.45, 7) is 1.86. The molecule has 1 amide bonds. The van der Waals surface area contributed by atoms with E-state index in [4.69, 9.17) is 11.6 Å². The van der Waals surface area contributed by atoms with Gasteiger partial charge in [-0.1, -0.05) is 11.6 Å². The Hall–Kier alpha value is -1.46. The van der Waals surface area contributed by atoms with Crippen LogP contribution >= 0.6 is 27.5 Å². The first-order valence-electron chi connectivity index (χ1n) is 5.12. The Morgan fingerprint density at radius 1 is 1.44 bits per heavy atom. The first-order chi connectivity index (χ1) is 8.58. The third-order valence-electron chi connectivity index (χ3n) is 2.28. The number of nitrogens with one attached hydrogen (secondary N) is 1. The number of pyridine rings is 2. The van der Waals surface area contributed by atoms with E-state index >= 15 is 0 Å². The molecule has 92 valence electrons. The number of carbonyl (C=O) groups is 1. The van der Waals surface area contributed by atoms with Crippen molar-refractivity contribution >= 4 is 39.3 Å². The lowest BCUT2D eigenvalue weighted by Crippen LogP contribution is -2.14. The molecule has 2 aromatic rings. The molecule has 4 nitrogen and oxygen atoms in total. The molecule has 18 heavy (non-hydrogen) atoms. The number of aromatic nitrogens is 2. The van der Waals surface area contributed by atoms with E-state index in [1.807, 2.05) is 13.0 Å². The van der Waals surface area contributed by atoms with Crippen LogP contribution in [0.15, 0.2) is 35.1 Å². The summed E-state index contributed by atoms with van der Waals surface area (Å²) in [7, 11) is 0. The van der Waals surface area contributed by atoms with Gasteiger partial charge in [0, 0.05) is 16.9 Å². The summed E-state index contributed by atoms with van der Waals surface area (Å²) >= 11 is 9.16. The molecule has 0 radical (unpaired) electrons. The van der Waals surface area contributed by atoms with Crippen LogP contribution in [0.3, 0.4) is 0 Å². The van der Waals surface area contributed by atoms with Gasteiger partial charge in [-0.2, -0.15) is 0 Å². The van der Waals surface area contributed by atoms with Crippen molar-refractivity contribution < 1.29 is 4.79 Å². The van der Waals surface area contributed by atoms with Crippen LogP contribution in [-0.2, 0) is 0 Å². The van der Waals surface area contributed by atoms with Crippen molar-refractivity contribution in [2.75, 3.05) is 5.32 Å². The standard InChI is InChI=1S/C12H9BrClN3O/c1-7-5-8(13)6-16-11(7)17-12(18)9-3-2-4-15-10(9)14/h2-6H,1H3,(H,16,17,18). The number of aryl methyl sites for hydroxylation is 1. The van der Waals surface area contributed by atoms with Crippen LogP contribution in [0, 0.1) is 6.92 Å². The van der Waals surface area contributed by atoms with Crippen LogP contribution < -0.4 is 5.32 Å². The summed E-state index contributed by atoms with van der Waals surface area (Å²) in [6.07, 6.45) is 3.15. The predicted molar refractivity (Wildman–Crippen MR) is 73.9 cm³/mol. The molecule has 0 aromatic carbocycles. The fraction of sp³-hybridized carbons (Fsp3) is 0.0833. The van der Waals surface area contributed by atoms with Crippen LogP contribution in [0.5, 0.6) is 0 Å². The molecule has 0 aliphatic rings. The normalized spacial score (nSPS) is 10.2. The fourth-order valence-corrected chi connectivity index (χ4v) is 2.05. The van der Waals surface area contributed by atoms with Gasteiger partial charge in [-0.05, 0) is 46.6 Å². The summed E-state index contributed by atoms with van der Waals surface area (Å²) < 4.78 is 0.859. The van der Waals surface area contributed by atoms with Gasteiger partial charge in [0.15, 0.2) is 0 Å². The maximum atomic E-state index is 12.0. The molecule has 0 saturated heterocycles. The average Bonchev–Trinajstić information content (AvgIpc) is 2.33. The van der Waals surface area contributed by atoms with E-state index in [0.717, 1.165) is 10.0 Å². The van der Waals surface area contributed by atoms with Gasteiger partial charge >= 0.3 is 0 Å². The largest absolute Gasteiger partial charge is 0.306 e. The zero-order valence-corrected chi connectivity index (χ0v) is 11.8. The van der Waals surface area contributed by atoms with Crippen LogP contribution in [-0.4, -0.2) is 15.9 Å². The van der Waals surface area contributed by atoms with Crippen LogP contribution in [0.2, 0.25) is 5.15 Å². The second-order valence-electron chi connectivity index (χ2n) is 3.61. The number of hydrogen-bond donors (Lipinski definition) is 1. The topological polar surface area (TPSA) is 54.9 Å². The fourth-order valence-electron chi connectivity index (χ4n) is 1.40. The zero-order valence-electron chi connectivity index (χ0n) is 9.45. The van der Waals surface area contributed by atoms with Gasteiger partial charge in [-0.25, -0.2) is 9.97 Å². The Bertz CT molecular complexity index is 604. The van der Waals surface area contributed by atoms with Gasteiger partial charge in [0.25, 0.3) is 5.91 Å². The Morgan fingerprint density at radius 2 is 2.22 bits per heavy atom. The highest BCUT2D eigenvalue weighted by Gasteiger charge is 2.12. The predicted octanol–water partition coefficient (Wildman–Crippen LogP) is 3.45. The number of halogens is 2. The second kappa shape index (κ2) is 5.46. The monoisotopic (exact) mass is 325 g/mol. The minimum Gasteiger partial charge on any atom is -0.306 e. The first kappa shape index (κ1) is 13.0. The summed E-state index contributed by atoms with van der Waals surface area (Å²) in [4.78, 5) is 20.0. The zero-order chi connectivity index (χ0) is 13.1. The molecule has 6 heteroatoms. The molecule has 2 heterocycles. The third-order valence-corrected chi connectivity index (χ3v) is 3.02. The molecule has 0 aliphatic heterocycles. The van der Waals surface area contributed by atoms with E-state index < -0.39 is 0 Å². The van der Waals surface area contributed by atoms with Crippen LogP contribution in [0.25, 0.3) is 0 Å². The van der Waals surface area contributed by atoms with Gasteiger partial charge in [0.05, 0.1) is 5.56 Å². The van der Waals surface area contributed by atoms with E-state index in [2.05, 4.69) is 31.2 Å². The van der Waals surface area contributed by atoms with Crippen molar-refractivity contribution in [1.29, 1.82) is 0 Å². The Kier molecular flexibility index (Phi) is 3.93. The highest BCUT2D eigenvalue weighted by molar-refractivity contribution is 9.10. The SMILES string of the molecule is Cc1cc(Br)cnc1NC(=O)c1cccnc1Cl. The number of rotatable bonds is 2. The van der Waals surface area contributed by atoms with Crippen LogP contribution in [0.1, 0.15) is 15.9 Å². The molecule has 0 bridgehead atoms. The lowest BCUT2D eigenvalue weighted by Gasteiger charge is -2.08. The maximum Gasteiger partial charge on any atom is 0.259 e. The molecule has 0 atom stereocenters. The maximum absolute atomic E-state index is 12.0. The molecule has 0 unspecified atom stereocenters. The third kappa shape index (κ3) is 2.86. The summed E-state index contributed by atoms with van der Waals surface area (Å²) in [5.74, 6) is 0.175. The minimum atomic E-state index is -0.328. The van der Waals surface area contributed by atoms with E-state index in [1.165, 1.54) is 6.20 Å². The van der Waals surface area contributed by atoms with Crippen LogP contribution in [0.4, 0.5) is 5.82 Å².